The number of carbonyl (C=O) groups excluding carboxylic acids is 2. The second-order valence-electron chi connectivity index (χ2n) is 8.50. The maximum atomic E-state index is 13.1. The molecule has 0 radical (unpaired) electrons. The van der Waals surface area contributed by atoms with Crippen LogP contribution in [0.5, 0.6) is 17.2 Å². The number of halogens is 1. The van der Waals surface area contributed by atoms with Crippen molar-refractivity contribution in [2.45, 2.75) is 6.29 Å². The lowest BCUT2D eigenvalue weighted by molar-refractivity contribution is -0.140. The van der Waals surface area contributed by atoms with Crippen LogP contribution in [0.4, 0.5) is 0 Å². The van der Waals surface area contributed by atoms with Gasteiger partial charge >= 0.3 is 18.2 Å². The number of hydrogen-bond acceptors (Lipinski definition) is 6. The number of ether oxygens (including phenoxy) is 3. The van der Waals surface area contributed by atoms with Gasteiger partial charge in [-0.3, -0.25) is 4.79 Å². The van der Waals surface area contributed by atoms with Crippen molar-refractivity contribution < 1.29 is 23.8 Å². The minimum Gasteiger partial charge on any atom is -0.446 e. The standard InChI is InChI=1S/C32H23ClN2O5/c33-28-18-10-9-17-26(28)31(37)40-29-20-19-22-11-7-8-16-25(22)27(29)21-34-35-30(36)32(38-23-12-3-1-4-13-23)39-24-14-5-2-6-15-24/h1-21,32H,(H,35,36). The van der Waals surface area contributed by atoms with E-state index in [1.807, 2.05) is 42.5 Å². The van der Waals surface area contributed by atoms with Crippen LogP contribution in [0.1, 0.15) is 15.9 Å². The van der Waals surface area contributed by atoms with Gasteiger partial charge in [0.05, 0.1) is 16.8 Å². The Bertz CT molecular complexity index is 1620. The molecule has 0 unspecified atom stereocenters. The molecule has 5 aromatic carbocycles. The molecule has 0 bridgehead atoms. The van der Waals surface area contributed by atoms with E-state index in [4.69, 9.17) is 25.8 Å². The molecule has 0 aliphatic carbocycles. The van der Waals surface area contributed by atoms with Gasteiger partial charge in [-0.15, -0.1) is 0 Å². The van der Waals surface area contributed by atoms with Crippen LogP contribution in [0.2, 0.25) is 5.02 Å². The Kier molecular flexibility index (Phi) is 8.34. The average molecular weight is 551 g/mol. The van der Waals surface area contributed by atoms with Crippen LogP contribution >= 0.6 is 11.6 Å². The van der Waals surface area contributed by atoms with Crippen LogP contribution < -0.4 is 19.6 Å². The fourth-order valence-electron chi connectivity index (χ4n) is 3.87. The Morgan fingerprint density at radius 3 is 2.00 bits per heavy atom. The van der Waals surface area contributed by atoms with Gasteiger partial charge in [0.1, 0.15) is 17.2 Å². The first-order chi connectivity index (χ1) is 19.6. The molecule has 8 heteroatoms. The molecular formula is C32H23ClN2O5. The highest BCUT2D eigenvalue weighted by molar-refractivity contribution is 6.33. The predicted molar refractivity (Wildman–Crippen MR) is 154 cm³/mol. The van der Waals surface area contributed by atoms with E-state index in [0.717, 1.165) is 10.8 Å². The van der Waals surface area contributed by atoms with Crippen molar-refractivity contribution in [1.29, 1.82) is 0 Å². The average Bonchev–Trinajstić information content (AvgIpc) is 2.99. The Morgan fingerprint density at radius 1 is 0.725 bits per heavy atom. The van der Waals surface area contributed by atoms with Gasteiger partial charge in [-0.1, -0.05) is 90.5 Å². The van der Waals surface area contributed by atoms with E-state index in [9.17, 15) is 9.59 Å². The number of amides is 1. The van der Waals surface area contributed by atoms with Crippen molar-refractivity contribution in [1.82, 2.24) is 5.43 Å². The van der Waals surface area contributed by atoms with E-state index >= 15 is 0 Å². The maximum Gasteiger partial charge on any atom is 0.345 e. The third-order valence-electron chi connectivity index (χ3n) is 5.78. The van der Waals surface area contributed by atoms with Gasteiger partial charge in [0.25, 0.3) is 0 Å². The fourth-order valence-corrected chi connectivity index (χ4v) is 4.08. The molecule has 0 atom stereocenters. The highest BCUT2D eigenvalue weighted by Gasteiger charge is 2.23. The second-order valence-corrected chi connectivity index (χ2v) is 8.90. The fraction of sp³-hybridized carbons (Fsp3) is 0.0312. The lowest BCUT2D eigenvalue weighted by atomic mass is 10.0. The number of para-hydroxylation sites is 2. The minimum absolute atomic E-state index is 0.229. The molecule has 0 saturated heterocycles. The summed E-state index contributed by atoms with van der Waals surface area (Å²) in [6.45, 7) is 0. The number of nitrogens with zero attached hydrogens (tertiary/aromatic N) is 1. The summed E-state index contributed by atoms with van der Waals surface area (Å²) in [4.78, 5) is 26.0. The van der Waals surface area contributed by atoms with E-state index in [1.165, 1.54) is 6.21 Å². The number of nitrogens with one attached hydrogen (secondary N) is 1. The maximum absolute atomic E-state index is 13.1. The van der Waals surface area contributed by atoms with Gasteiger partial charge < -0.3 is 14.2 Å². The molecule has 0 heterocycles. The summed E-state index contributed by atoms with van der Waals surface area (Å²) in [6, 6.07) is 35.4. The number of carbonyl (C=O) groups is 2. The quantitative estimate of drug-likeness (QED) is 0.0730. The third kappa shape index (κ3) is 6.46. The predicted octanol–water partition coefficient (Wildman–Crippen LogP) is 6.65. The van der Waals surface area contributed by atoms with Crippen LogP contribution in [0.25, 0.3) is 10.8 Å². The lowest BCUT2D eigenvalue weighted by Gasteiger charge is -2.18. The van der Waals surface area contributed by atoms with Crippen LogP contribution in [0.15, 0.2) is 126 Å². The summed E-state index contributed by atoms with van der Waals surface area (Å²) in [7, 11) is 0. The molecule has 0 spiro atoms. The second kappa shape index (κ2) is 12.6. The summed E-state index contributed by atoms with van der Waals surface area (Å²) in [5.74, 6) is -0.110. The molecule has 0 fully saturated rings. The zero-order chi connectivity index (χ0) is 27.7. The van der Waals surface area contributed by atoms with Gasteiger partial charge in [-0.25, -0.2) is 10.2 Å². The largest absolute Gasteiger partial charge is 0.446 e. The topological polar surface area (TPSA) is 86.2 Å². The molecular weight excluding hydrogens is 528 g/mol. The summed E-state index contributed by atoms with van der Waals surface area (Å²) in [5.41, 5.74) is 3.20. The van der Waals surface area contributed by atoms with Crippen molar-refractivity contribution in [3.8, 4) is 17.2 Å². The van der Waals surface area contributed by atoms with E-state index < -0.39 is 18.2 Å². The smallest absolute Gasteiger partial charge is 0.345 e. The van der Waals surface area contributed by atoms with Crippen molar-refractivity contribution in [2.75, 3.05) is 0 Å². The number of fused-ring (bicyclic) bond motifs is 1. The number of rotatable bonds is 9. The first-order valence-corrected chi connectivity index (χ1v) is 12.7. The Morgan fingerprint density at radius 2 is 1.32 bits per heavy atom. The SMILES string of the molecule is O=C(Oc1ccc2ccccc2c1C=NNC(=O)C(Oc1ccccc1)Oc1ccccc1)c1ccccc1Cl. The molecule has 0 aliphatic rings. The van der Waals surface area contributed by atoms with E-state index in [2.05, 4.69) is 10.5 Å². The molecule has 40 heavy (non-hydrogen) atoms. The zero-order valence-corrected chi connectivity index (χ0v) is 21.8. The summed E-state index contributed by atoms with van der Waals surface area (Å²) < 4.78 is 17.3. The molecule has 198 valence electrons. The minimum atomic E-state index is -1.33. The molecule has 1 N–H and O–H groups in total. The number of hydrazone groups is 1. The van der Waals surface area contributed by atoms with Crippen LogP contribution in [0.3, 0.4) is 0 Å². The van der Waals surface area contributed by atoms with Crippen molar-refractivity contribution in [3.63, 3.8) is 0 Å². The normalized spacial score (nSPS) is 10.9. The molecule has 5 rings (SSSR count). The highest BCUT2D eigenvalue weighted by Crippen LogP contribution is 2.28. The van der Waals surface area contributed by atoms with E-state index in [0.29, 0.717) is 17.1 Å². The Hall–Kier alpha value is -5.14. The Balaban J connectivity index is 1.40. The first kappa shape index (κ1) is 26.5. The number of esters is 1. The van der Waals surface area contributed by atoms with Crippen molar-refractivity contribution in [3.05, 3.63) is 137 Å². The van der Waals surface area contributed by atoms with Gasteiger partial charge in [-0.2, -0.15) is 5.10 Å². The zero-order valence-electron chi connectivity index (χ0n) is 21.1. The van der Waals surface area contributed by atoms with E-state index in [-0.39, 0.29) is 16.3 Å². The Labute approximate surface area is 235 Å². The monoisotopic (exact) mass is 550 g/mol. The van der Waals surface area contributed by atoms with Gasteiger partial charge in [0, 0.05) is 5.56 Å². The van der Waals surface area contributed by atoms with Crippen LogP contribution in [-0.4, -0.2) is 24.4 Å². The van der Waals surface area contributed by atoms with Crippen LogP contribution in [0, 0.1) is 0 Å². The molecule has 1 amide bonds. The highest BCUT2D eigenvalue weighted by atomic mass is 35.5. The molecule has 7 nitrogen and oxygen atoms in total. The summed E-state index contributed by atoms with van der Waals surface area (Å²) in [6.07, 6.45) is 0.0874. The van der Waals surface area contributed by atoms with Gasteiger partial charge in [-0.05, 0) is 53.2 Å². The lowest BCUT2D eigenvalue weighted by Crippen LogP contribution is -2.40. The first-order valence-electron chi connectivity index (χ1n) is 12.3. The molecule has 0 saturated carbocycles. The molecule has 0 aromatic heterocycles. The summed E-state index contributed by atoms with van der Waals surface area (Å²) in [5, 5.41) is 6.09. The van der Waals surface area contributed by atoms with Gasteiger partial charge in [0.15, 0.2) is 0 Å². The van der Waals surface area contributed by atoms with Gasteiger partial charge in [0.2, 0.25) is 0 Å². The van der Waals surface area contributed by atoms with Crippen molar-refractivity contribution >= 4 is 40.5 Å². The number of benzene rings is 5. The summed E-state index contributed by atoms with van der Waals surface area (Å²) >= 11 is 6.19. The number of hydrogen-bond donors (Lipinski definition) is 1. The molecule has 0 aliphatic heterocycles. The van der Waals surface area contributed by atoms with Crippen LogP contribution in [-0.2, 0) is 4.79 Å². The third-order valence-corrected chi connectivity index (χ3v) is 6.11. The van der Waals surface area contributed by atoms with Crippen molar-refractivity contribution in [2.24, 2.45) is 5.10 Å². The van der Waals surface area contributed by atoms with E-state index in [1.54, 1.807) is 78.9 Å². The molecule has 5 aromatic rings.